The third kappa shape index (κ3) is 4.03. The van der Waals surface area contributed by atoms with Crippen LogP contribution in [0.15, 0.2) is 65.1 Å². The van der Waals surface area contributed by atoms with Crippen molar-refractivity contribution < 1.29 is 9.59 Å². The second kappa shape index (κ2) is 7.44. The molecule has 1 aromatic heterocycles. The number of hydrogen-bond acceptors (Lipinski definition) is 3. The monoisotopic (exact) mass is 397 g/mol. The van der Waals surface area contributed by atoms with Crippen LogP contribution in [-0.2, 0) is 4.79 Å². The summed E-state index contributed by atoms with van der Waals surface area (Å²) < 4.78 is 0.786. The molecule has 0 unspecified atom stereocenters. The molecule has 0 saturated carbocycles. The van der Waals surface area contributed by atoms with Gasteiger partial charge < -0.3 is 10.2 Å². The number of anilines is 1. The predicted molar refractivity (Wildman–Crippen MR) is 101 cm³/mol. The fourth-order valence-corrected chi connectivity index (χ4v) is 2.80. The number of fused-ring (bicyclic) bond motifs is 1. The molecule has 0 aliphatic heterocycles. The number of nitrogens with zero attached hydrogens (tertiary/aromatic N) is 2. The highest BCUT2D eigenvalue weighted by molar-refractivity contribution is 9.10. The van der Waals surface area contributed by atoms with Gasteiger partial charge >= 0.3 is 0 Å². The maximum absolute atomic E-state index is 12.5. The highest BCUT2D eigenvalue weighted by atomic mass is 79.9. The number of rotatable bonds is 4. The zero-order valence-electron chi connectivity index (χ0n) is 13.6. The normalized spacial score (nSPS) is 10.5. The number of amides is 2. The molecule has 1 heterocycles. The molecular weight excluding hydrogens is 382 g/mol. The standard InChI is InChI=1S/C19H16BrN3O2/c1-23(12-18(24)22-16-9-5-3-7-14(16)20)19(25)17-11-10-13-6-2-4-8-15(13)21-17/h2-11H,12H2,1H3,(H,22,24). The average Bonchev–Trinajstić information content (AvgIpc) is 2.62. The quantitative estimate of drug-likeness (QED) is 0.729. The van der Waals surface area contributed by atoms with E-state index < -0.39 is 0 Å². The molecule has 0 spiro atoms. The molecule has 0 saturated heterocycles. The summed E-state index contributed by atoms with van der Waals surface area (Å²) in [5.74, 6) is -0.573. The molecule has 2 amide bonds. The molecule has 2 aromatic carbocycles. The van der Waals surface area contributed by atoms with Gasteiger partial charge in [0.2, 0.25) is 5.91 Å². The molecule has 0 aliphatic carbocycles. The first-order chi connectivity index (χ1) is 12.0. The summed E-state index contributed by atoms with van der Waals surface area (Å²) in [4.78, 5) is 30.4. The average molecular weight is 398 g/mol. The molecule has 5 nitrogen and oxygen atoms in total. The first kappa shape index (κ1) is 17.1. The lowest BCUT2D eigenvalue weighted by Crippen LogP contribution is -2.35. The Morgan fingerprint density at radius 2 is 1.76 bits per heavy atom. The molecule has 1 N–H and O–H groups in total. The van der Waals surface area contributed by atoms with E-state index >= 15 is 0 Å². The van der Waals surface area contributed by atoms with E-state index in [-0.39, 0.29) is 18.4 Å². The van der Waals surface area contributed by atoms with E-state index in [9.17, 15) is 9.59 Å². The fraction of sp³-hybridized carbons (Fsp3) is 0.105. The van der Waals surface area contributed by atoms with E-state index in [1.165, 1.54) is 4.90 Å². The van der Waals surface area contributed by atoms with E-state index in [0.717, 1.165) is 15.4 Å². The van der Waals surface area contributed by atoms with Crippen molar-refractivity contribution in [1.29, 1.82) is 0 Å². The minimum Gasteiger partial charge on any atom is -0.331 e. The molecule has 3 aromatic rings. The second-order valence-electron chi connectivity index (χ2n) is 5.58. The van der Waals surface area contributed by atoms with Gasteiger partial charge in [-0.3, -0.25) is 9.59 Å². The van der Waals surface area contributed by atoms with Gasteiger partial charge in [-0.25, -0.2) is 4.98 Å². The number of para-hydroxylation sites is 2. The molecule has 0 radical (unpaired) electrons. The minimum absolute atomic E-state index is 0.0608. The number of nitrogens with one attached hydrogen (secondary N) is 1. The van der Waals surface area contributed by atoms with Gasteiger partial charge in [-0.05, 0) is 40.2 Å². The predicted octanol–water partition coefficient (Wildman–Crippen LogP) is 3.71. The third-order valence-corrected chi connectivity index (χ3v) is 4.38. The number of halogens is 1. The number of likely N-dealkylation sites (N-methyl/N-ethyl adjacent to an activating group) is 1. The summed E-state index contributed by atoms with van der Waals surface area (Å²) in [5, 5.41) is 3.74. The third-order valence-electron chi connectivity index (χ3n) is 3.69. The van der Waals surface area contributed by atoms with Crippen molar-refractivity contribution in [1.82, 2.24) is 9.88 Å². The molecule has 0 bridgehead atoms. The van der Waals surface area contributed by atoms with Gasteiger partial charge in [0.1, 0.15) is 5.69 Å². The van der Waals surface area contributed by atoms with Gasteiger partial charge in [-0.1, -0.05) is 36.4 Å². The zero-order chi connectivity index (χ0) is 17.8. The van der Waals surface area contributed by atoms with Crippen LogP contribution in [0.25, 0.3) is 10.9 Å². The largest absolute Gasteiger partial charge is 0.331 e. The summed E-state index contributed by atoms with van der Waals surface area (Å²) in [6.07, 6.45) is 0. The van der Waals surface area contributed by atoms with Crippen molar-refractivity contribution in [3.8, 4) is 0 Å². The summed E-state index contributed by atoms with van der Waals surface area (Å²) >= 11 is 3.37. The van der Waals surface area contributed by atoms with Gasteiger partial charge in [-0.15, -0.1) is 0 Å². The first-order valence-corrected chi connectivity index (χ1v) is 8.49. The second-order valence-corrected chi connectivity index (χ2v) is 6.43. The maximum atomic E-state index is 12.5. The Morgan fingerprint density at radius 1 is 1.04 bits per heavy atom. The van der Waals surface area contributed by atoms with Gasteiger partial charge in [-0.2, -0.15) is 0 Å². The van der Waals surface area contributed by atoms with Crippen molar-refractivity contribution in [3.05, 3.63) is 70.8 Å². The molecule has 0 atom stereocenters. The first-order valence-electron chi connectivity index (χ1n) is 7.70. The van der Waals surface area contributed by atoms with E-state index in [0.29, 0.717) is 11.4 Å². The summed E-state index contributed by atoms with van der Waals surface area (Å²) in [6.45, 7) is -0.0608. The summed E-state index contributed by atoms with van der Waals surface area (Å²) in [5.41, 5.74) is 1.73. The number of benzene rings is 2. The molecule has 6 heteroatoms. The van der Waals surface area contributed by atoms with Crippen molar-refractivity contribution >= 4 is 44.3 Å². The Labute approximate surface area is 153 Å². The maximum Gasteiger partial charge on any atom is 0.272 e. The Morgan fingerprint density at radius 3 is 2.56 bits per heavy atom. The van der Waals surface area contributed by atoms with Crippen molar-refractivity contribution in [2.75, 3.05) is 18.9 Å². The van der Waals surface area contributed by atoms with Gasteiger partial charge in [0.25, 0.3) is 5.91 Å². The fourth-order valence-electron chi connectivity index (χ4n) is 2.42. The lowest BCUT2D eigenvalue weighted by molar-refractivity contribution is -0.116. The summed E-state index contributed by atoms with van der Waals surface area (Å²) in [7, 11) is 1.58. The zero-order valence-corrected chi connectivity index (χ0v) is 15.2. The van der Waals surface area contributed by atoms with E-state index in [1.54, 1.807) is 19.2 Å². The van der Waals surface area contributed by atoms with Crippen LogP contribution in [0.5, 0.6) is 0 Å². The van der Waals surface area contributed by atoms with Crippen molar-refractivity contribution in [2.45, 2.75) is 0 Å². The van der Waals surface area contributed by atoms with Gasteiger partial charge in [0.05, 0.1) is 17.7 Å². The van der Waals surface area contributed by atoms with E-state index in [2.05, 4.69) is 26.2 Å². The highest BCUT2D eigenvalue weighted by Gasteiger charge is 2.17. The molecule has 3 rings (SSSR count). The van der Waals surface area contributed by atoms with Crippen LogP contribution in [0.1, 0.15) is 10.5 Å². The van der Waals surface area contributed by atoms with Gasteiger partial charge in [0.15, 0.2) is 0 Å². The SMILES string of the molecule is CN(CC(=O)Nc1ccccc1Br)C(=O)c1ccc2ccccc2n1. The number of aromatic nitrogens is 1. The summed E-state index contributed by atoms with van der Waals surface area (Å²) in [6, 6.07) is 18.4. The minimum atomic E-state index is -0.298. The number of carbonyl (C=O) groups excluding carboxylic acids is 2. The van der Waals surface area contributed by atoms with Crippen LogP contribution in [0.3, 0.4) is 0 Å². The Bertz CT molecular complexity index is 943. The van der Waals surface area contributed by atoms with Crippen LogP contribution < -0.4 is 5.32 Å². The lowest BCUT2D eigenvalue weighted by atomic mass is 10.2. The molecule has 0 aliphatic rings. The van der Waals surface area contributed by atoms with E-state index in [1.807, 2.05) is 48.5 Å². The smallest absolute Gasteiger partial charge is 0.272 e. The number of pyridine rings is 1. The Balaban J connectivity index is 1.69. The van der Waals surface area contributed by atoms with E-state index in [4.69, 9.17) is 0 Å². The van der Waals surface area contributed by atoms with Crippen LogP contribution in [-0.4, -0.2) is 35.3 Å². The van der Waals surface area contributed by atoms with Crippen LogP contribution in [0.4, 0.5) is 5.69 Å². The number of carbonyl (C=O) groups is 2. The van der Waals surface area contributed by atoms with Crippen LogP contribution in [0, 0.1) is 0 Å². The Hall–Kier alpha value is -2.73. The molecular formula is C19H16BrN3O2. The Kier molecular flexibility index (Phi) is 5.09. The van der Waals surface area contributed by atoms with Gasteiger partial charge in [0, 0.05) is 16.9 Å². The highest BCUT2D eigenvalue weighted by Crippen LogP contribution is 2.21. The molecule has 0 fully saturated rings. The van der Waals surface area contributed by atoms with Crippen LogP contribution in [0.2, 0.25) is 0 Å². The van der Waals surface area contributed by atoms with Crippen molar-refractivity contribution in [2.24, 2.45) is 0 Å². The number of hydrogen-bond donors (Lipinski definition) is 1. The van der Waals surface area contributed by atoms with Crippen molar-refractivity contribution in [3.63, 3.8) is 0 Å². The topological polar surface area (TPSA) is 62.3 Å². The lowest BCUT2D eigenvalue weighted by Gasteiger charge is -2.17. The molecule has 126 valence electrons. The van der Waals surface area contributed by atoms with Crippen LogP contribution >= 0.6 is 15.9 Å². The molecule has 25 heavy (non-hydrogen) atoms.